The lowest BCUT2D eigenvalue weighted by Gasteiger charge is -2.15. The molecule has 0 unspecified atom stereocenters. The van der Waals surface area contributed by atoms with Gasteiger partial charge in [0.25, 0.3) is 5.91 Å². The lowest BCUT2D eigenvalue weighted by molar-refractivity contribution is 0.0916. The van der Waals surface area contributed by atoms with Crippen LogP contribution in [-0.2, 0) is 0 Å². The molecule has 1 amide bonds. The van der Waals surface area contributed by atoms with E-state index in [2.05, 4.69) is 5.32 Å². The van der Waals surface area contributed by atoms with Crippen molar-refractivity contribution in [3.8, 4) is 0 Å². The van der Waals surface area contributed by atoms with Crippen LogP contribution in [0, 0.1) is 6.92 Å². The van der Waals surface area contributed by atoms with Crippen molar-refractivity contribution in [2.45, 2.75) is 13.0 Å². The quantitative estimate of drug-likeness (QED) is 0.892. The second kappa shape index (κ2) is 7.09. The van der Waals surface area contributed by atoms with Gasteiger partial charge in [0.2, 0.25) is 0 Å². The number of aliphatic hydroxyl groups excluding tert-OH is 1. The van der Waals surface area contributed by atoms with Crippen molar-refractivity contribution in [3.63, 3.8) is 0 Å². The Balaban J connectivity index is 1.97. The number of aryl methyl sites for hydroxylation is 1. The Labute approximate surface area is 131 Å². The van der Waals surface area contributed by atoms with Crippen LogP contribution in [0.1, 0.15) is 27.6 Å². The molecule has 4 nitrogen and oxygen atoms in total. The molecule has 0 heterocycles. The summed E-state index contributed by atoms with van der Waals surface area (Å²) in [6, 6.07) is 15.0. The Morgan fingerprint density at radius 2 is 1.86 bits per heavy atom. The molecule has 1 atom stereocenters. The molecular weight excluding hydrogens is 276 g/mol. The Hall–Kier alpha value is -2.33. The molecular formula is C18H22N2O2. The minimum Gasteiger partial charge on any atom is -0.387 e. The second-order valence-electron chi connectivity index (χ2n) is 5.58. The van der Waals surface area contributed by atoms with Gasteiger partial charge in [0.05, 0.1) is 6.10 Å². The SMILES string of the molecule is Cc1ccc([C@H](O)CNC(=O)c2cccc(N(C)C)c2)cc1. The van der Waals surface area contributed by atoms with Gasteiger partial charge < -0.3 is 15.3 Å². The number of hydrogen-bond acceptors (Lipinski definition) is 3. The number of carbonyl (C=O) groups excluding carboxylic acids is 1. The van der Waals surface area contributed by atoms with Gasteiger partial charge in [-0.1, -0.05) is 35.9 Å². The summed E-state index contributed by atoms with van der Waals surface area (Å²) in [6.45, 7) is 2.18. The number of anilines is 1. The van der Waals surface area contributed by atoms with Crippen LogP contribution in [0.3, 0.4) is 0 Å². The van der Waals surface area contributed by atoms with Crippen LogP contribution in [0.2, 0.25) is 0 Å². The first kappa shape index (κ1) is 16.0. The fourth-order valence-electron chi connectivity index (χ4n) is 2.12. The third-order valence-electron chi connectivity index (χ3n) is 3.54. The summed E-state index contributed by atoms with van der Waals surface area (Å²) in [5.41, 5.74) is 3.49. The first-order chi connectivity index (χ1) is 10.5. The molecule has 2 rings (SSSR count). The third kappa shape index (κ3) is 4.09. The fourth-order valence-corrected chi connectivity index (χ4v) is 2.12. The normalized spacial score (nSPS) is 11.8. The summed E-state index contributed by atoms with van der Waals surface area (Å²) in [4.78, 5) is 14.1. The molecule has 0 saturated heterocycles. The average molecular weight is 298 g/mol. The van der Waals surface area contributed by atoms with E-state index < -0.39 is 6.10 Å². The van der Waals surface area contributed by atoms with Crippen molar-refractivity contribution in [1.82, 2.24) is 5.32 Å². The molecule has 0 aliphatic carbocycles. The highest BCUT2D eigenvalue weighted by Gasteiger charge is 2.11. The van der Waals surface area contributed by atoms with E-state index in [4.69, 9.17) is 0 Å². The van der Waals surface area contributed by atoms with Crippen molar-refractivity contribution in [3.05, 3.63) is 65.2 Å². The number of nitrogens with zero attached hydrogens (tertiary/aromatic N) is 1. The minimum atomic E-state index is -0.707. The zero-order valence-corrected chi connectivity index (χ0v) is 13.2. The number of hydrogen-bond donors (Lipinski definition) is 2. The zero-order chi connectivity index (χ0) is 16.1. The van der Waals surface area contributed by atoms with E-state index in [9.17, 15) is 9.90 Å². The highest BCUT2D eigenvalue weighted by atomic mass is 16.3. The first-order valence-corrected chi connectivity index (χ1v) is 7.27. The Morgan fingerprint density at radius 3 is 2.50 bits per heavy atom. The van der Waals surface area contributed by atoms with Crippen molar-refractivity contribution in [2.75, 3.05) is 25.5 Å². The molecule has 0 aliphatic heterocycles. The highest BCUT2D eigenvalue weighted by molar-refractivity contribution is 5.95. The number of carbonyl (C=O) groups is 1. The number of benzene rings is 2. The van der Waals surface area contributed by atoms with Crippen LogP contribution in [0.25, 0.3) is 0 Å². The molecule has 0 radical (unpaired) electrons. The highest BCUT2D eigenvalue weighted by Crippen LogP contribution is 2.15. The fraction of sp³-hybridized carbons (Fsp3) is 0.278. The molecule has 2 aromatic carbocycles. The Kier molecular flexibility index (Phi) is 5.17. The second-order valence-corrected chi connectivity index (χ2v) is 5.58. The van der Waals surface area contributed by atoms with E-state index in [1.807, 2.05) is 68.4 Å². The van der Waals surface area contributed by atoms with Gasteiger partial charge in [-0.3, -0.25) is 4.79 Å². The summed E-state index contributed by atoms with van der Waals surface area (Å²) in [7, 11) is 3.86. The molecule has 116 valence electrons. The lowest BCUT2D eigenvalue weighted by atomic mass is 10.1. The maximum atomic E-state index is 12.2. The maximum absolute atomic E-state index is 12.2. The van der Waals surface area contributed by atoms with Gasteiger partial charge >= 0.3 is 0 Å². The largest absolute Gasteiger partial charge is 0.387 e. The molecule has 4 heteroatoms. The monoisotopic (exact) mass is 298 g/mol. The van der Waals surface area contributed by atoms with E-state index in [1.54, 1.807) is 6.07 Å². The minimum absolute atomic E-state index is 0.185. The number of aliphatic hydroxyl groups is 1. The molecule has 0 saturated carbocycles. The summed E-state index contributed by atoms with van der Waals surface area (Å²) in [5, 5.41) is 12.9. The van der Waals surface area contributed by atoms with Gasteiger partial charge in [-0.2, -0.15) is 0 Å². The molecule has 0 spiro atoms. The maximum Gasteiger partial charge on any atom is 0.251 e. The van der Waals surface area contributed by atoms with Gasteiger partial charge in [0.15, 0.2) is 0 Å². The van der Waals surface area contributed by atoms with E-state index in [-0.39, 0.29) is 12.5 Å². The standard InChI is InChI=1S/C18H22N2O2/c1-13-7-9-14(10-8-13)17(21)12-19-18(22)15-5-4-6-16(11-15)20(2)3/h4-11,17,21H,12H2,1-3H3,(H,19,22)/t17-/m1/s1. The van der Waals surface area contributed by atoms with Crippen LogP contribution in [0.4, 0.5) is 5.69 Å². The number of rotatable bonds is 5. The molecule has 0 bridgehead atoms. The van der Waals surface area contributed by atoms with Gasteiger partial charge in [-0.25, -0.2) is 0 Å². The topological polar surface area (TPSA) is 52.6 Å². The summed E-state index contributed by atoms with van der Waals surface area (Å²) >= 11 is 0. The smallest absolute Gasteiger partial charge is 0.251 e. The van der Waals surface area contributed by atoms with Crippen LogP contribution in [0.15, 0.2) is 48.5 Å². The molecule has 0 fully saturated rings. The van der Waals surface area contributed by atoms with Crippen LogP contribution in [-0.4, -0.2) is 31.7 Å². The summed E-state index contributed by atoms with van der Waals surface area (Å²) in [5.74, 6) is -0.185. The lowest BCUT2D eigenvalue weighted by Crippen LogP contribution is -2.28. The van der Waals surface area contributed by atoms with E-state index in [1.165, 1.54) is 0 Å². The van der Waals surface area contributed by atoms with Crippen LogP contribution < -0.4 is 10.2 Å². The van der Waals surface area contributed by atoms with Crippen molar-refractivity contribution < 1.29 is 9.90 Å². The molecule has 2 aromatic rings. The van der Waals surface area contributed by atoms with Crippen molar-refractivity contribution in [1.29, 1.82) is 0 Å². The summed E-state index contributed by atoms with van der Waals surface area (Å²) in [6.07, 6.45) is -0.707. The molecule has 0 aromatic heterocycles. The number of amides is 1. The number of nitrogens with one attached hydrogen (secondary N) is 1. The first-order valence-electron chi connectivity index (χ1n) is 7.27. The van der Waals surface area contributed by atoms with Crippen LogP contribution >= 0.6 is 0 Å². The summed E-state index contributed by atoms with van der Waals surface area (Å²) < 4.78 is 0. The molecule has 2 N–H and O–H groups in total. The van der Waals surface area contributed by atoms with E-state index >= 15 is 0 Å². The Morgan fingerprint density at radius 1 is 1.18 bits per heavy atom. The van der Waals surface area contributed by atoms with Gasteiger partial charge in [-0.05, 0) is 30.7 Å². The predicted octanol–water partition coefficient (Wildman–Crippen LogP) is 2.52. The van der Waals surface area contributed by atoms with E-state index in [0.717, 1.165) is 16.8 Å². The Bertz CT molecular complexity index is 636. The van der Waals surface area contributed by atoms with Crippen LogP contribution in [0.5, 0.6) is 0 Å². The zero-order valence-electron chi connectivity index (χ0n) is 13.2. The van der Waals surface area contributed by atoms with Gasteiger partial charge in [-0.15, -0.1) is 0 Å². The van der Waals surface area contributed by atoms with Gasteiger partial charge in [0.1, 0.15) is 0 Å². The van der Waals surface area contributed by atoms with E-state index in [0.29, 0.717) is 5.56 Å². The predicted molar refractivity (Wildman–Crippen MR) is 89.2 cm³/mol. The third-order valence-corrected chi connectivity index (χ3v) is 3.54. The molecule has 22 heavy (non-hydrogen) atoms. The van der Waals surface area contributed by atoms with Crippen molar-refractivity contribution in [2.24, 2.45) is 0 Å². The average Bonchev–Trinajstić information content (AvgIpc) is 2.53. The molecule has 0 aliphatic rings. The van der Waals surface area contributed by atoms with Crippen molar-refractivity contribution >= 4 is 11.6 Å². The van der Waals surface area contributed by atoms with Gasteiger partial charge in [0, 0.05) is 31.9 Å².